The van der Waals surface area contributed by atoms with Crippen LogP contribution in [0.5, 0.6) is 11.5 Å². The van der Waals surface area contributed by atoms with Crippen molar-refractivity contribution in [3.8, 4) is 28.7 Å². The highest BCUT2D eigenvalue weighted by molar-refractivity contribution is 5.72. The molecule has 1 aromatic heterocycles. The number of methoxy groups -OCH3 is 1. The van der Waals surface area contributed by atoms with E-state index in [1.54, 1.807) is 31.5 Å². The molecule has 0 spiro atoms. The van der Waals surface area contributed by atoms with Gasteiger partial charge in [0.15, 0.2) is 0 Å². The van der Waals surface area contributed by atoms with Gasteiger partial charge in [-0.15, -0.1) is 0 Å². The van der Waals surface area contributed by atoms with E-state index in [2.05, 4.69) is 11.1 Å². The zero-order valence-electron chi connectivity index (χ0n) is 16.6. The Morgan fingerprint density at radius 1 is 1.14 bits per heavy atom. The van der Waals surface area contributed by atoms with Gasteiger partial charge in [-0.3, -0.25) is 4.98 Å². The smallest absolute Gasteiger partial charge is 0.126 e. The van der Waals surface area contributed by atoms with Crippen molar-refractivity contribution >= 4 is 0 Å². The van der Waals surface area contributed by atoms with Crippen molar-refractivity contribution in [2.75, 3.05) is 7.11 Å². The molecule has 5 heteroatoms. The Bertz CT molecular complexity index is 966. The number of aromatic nitrogens is 1. The first-order valence-electron chi connectivity index (χ1n) is 9.53. The number of ether oxygens (including phenoxy) is 2. The Kier molecular flexibility index (Phi) is 6.83. The van der Waals surface area contributed by atoms with Crippen molar-refractivity contribution in [3.63, 3.8) is 0 Å². The number of benzene rings is 2. The maximum Gasteiger partial charge on any atom is 0.126 e. The Morgan fingerprint density at radius 3 is 2.59 bits per heavy atom. The van der Waals surface area contributed by atoms with Crippen LogP contribution in [-0.2, 0) is 6.42 Å². The molecule has 29 heavy (non-hydrogen) atoms. The minimum atomic E-state index is -0.581. The molecule has 0 aliphatic carbocycles. The molecule has 5 nitrogen and oxygen atoms in total. The Hall–Kier alpha value is -3.36. The summed E-state index contributed by atoms with van der Waals surface area (Å²) >= 11 is 0. The third kappa shape index (κ3) is 5.34. The molecule has 1 N–H and O–H groups in total. The summed E-state index contributed by atoms with van der Waals surface area (Å²) in [6.45, 7) is 1.86. The number of pyridine rings is 1. The minimum absolute atomic E-state index is 0.339. The summed E-state index contributed by atoms with van der Waals surface area (Å²) in [5.74, 6) is 1.38. The standard InChI is InChI=1S/C24H24N2O3/c1-17(23(27)11-5-18-4-3-13-26-16-18)29-21-9-7-20(8-10-21)22-14-19(15-25)6-12-24(22)28-2/h3-4,6-10,12-14,16-17,23,27H,5,11H2,1-2H3/t17-,23?/m0/s1. The number of hydrogen-bond acceptors (Lipinski definition) is 5. The molecule has 0 radical (unpaired) electrons. The summed E-state index contributed by atoms with van der Waals surface area (Å²) in [6.07, 6.45) is 3.98. The monoisotopic (exact) mass is 388 g/mol. The number of aliphatic hydroxyl groups is 1. The lowest BCUT2D eigenvalue weighted by molar-refractivity contribution is 0.0420. The van der Waals surface area contributed by atoms with Gasteiger partial charge in [-0.2, -0.15) is 5.26 Å². The highest BCUT2D eigenvalue weighted by Crippen LogP contribution is 2.32. The van der Waals surface area contributed by atoms with Gasteiger partial charge in [0.1, 0.15) is 17.6 Å². The van der Waals surface area contributed by atoms with Gasteiger partial charge in [0.25, 0.3) is 0 Å². The summed E-state index contributed by atoms with van der Waals surface area (Å²) in [5.41, 5.74) is 3.45. The number of nitriles is 1. The fourth-order valence-corrected chi connectivity index (χ4v) is 3.10. The Labute approximate surface area is 171 Å². The van der Waals surface area contributed by atoms with Crippen molar-refractivity contribution in [1.29, 1.82) is 5.26 Å². The van der Waals surface area contributed by atoms with Gasteiger partial charge < -0.3 is 14.6 Å². The number of hydrogen-bond donors (Lipinski definition) is 1. The van der Waals surface area contributed by atoms with Crippen LogP contribution in [0.2, 0.25) is 0 Å². The van der Waals surface area contributed by atoms with Crippen LogP contribution in [0.15, 0.2) is 67.0 Å². The van der Waals surface area contributed by atoms with Crippen molar-refractivity contribution < 1.29 is 14.6 Å². The second kappa shape index (κ2) is 9.72. The van der Waals surface area contributed by atoms with E-state index in [-0.39, 0.29) is 6.10 Å². The lowest BCUT2D eigenvalue weighted by Gasteiger charge is -2.21. The fraction of sp³-hybridized carbons (Fsp3) is 0.250. The van der Waals surface area contributed by atoms with Gasteiger partial charge in [-0.1, -0.05) is 18.2 Å². The summed E-state index contributed by atoms with van der Waals surface area (Å²) < 4.78 is 11.3. The molecule has 2 aromatic carbocycles. The SMILES string of the molecule is COc1ccc(C#N)cc1-c1ccc(O[C@@H](C)C(O)CCc2cccnc2)cc1. The van der Waals surface area contributed by atoms with Gasteiger partial charge in [0.05, 0.1) is 24.8 Å². The number of aryl methyl sites for hydroxylation is 1. The minimum Gasteiger partial charge on any atom is -0.496 e. The van der Waals surface area contributed by atoms with E-state index in [0.29, 0.717) is 23.5 Å². The van der Waals surface area contributed by atoms with E-state index in [0.717, 1.165) is 23.1 Å². The summed E-state index contributed by atoms with van der Waals surface area (Å²) in [5, 5.41) is 19.6. The predicted octanol–water partition coefficient (Wildman–Crippen LogP) is 4.39. The molecule has 2 atom stereocenters. The van der Waals surface area contributed by atoms with Crippen LogP contribution in [0.1, 0.15) is 24.5 Å². The molecule has 0 amide bonds. The van der Waals surface area contributed by atoms with Crippen LogP contribution in [-0.4, -0.2) is 29.4 Å². The molecule has 3 rings (SSSR count). The fourth-order valence-electron chi connectivity index (χ4n) is 3.10. The number of nitrogens with zero attached hydrogens (tertiary/aromatic N) is 2. The number of rotatable bonds is 8. The van der Waals surface area contributed by atoms with Crippen LogP contribution in [0, 0.1) is 11.3 Å². The average molecular weight is 388 g/mol. The molecule has 3 aromatic rings. The second-order valence-corrected chi connectivity index (χ2v) is 6.84. The van der Waals surface area contributed by atoms with Gasteiger partial charge in [-0.05, 0) is 67.3 Å². The zero-order chi connectivity index (χ0) is 20.6. The predicted molar refractivity (Wildman–Crippen MR) is 112 cm³/mol. The third-order valence-electron chi connectivity index (χ3n) is 4.81. The summed E-state index contributed by atoms with van der Waals surface area (Å²) in [7, 11) is 1.61. The highest BCUT2D eigenvalue weighted by atomic mass is 16.5. The second-order valence-electron chi connectivity index (χ2n) is 6.84. The lowest BCUT2D eigenvalue weighted by Crippen LogP contribution is -2.29. The van der Waals surface area contributed by atoms with Crippen LogP contribution in [0.3, 0.4) is 0 Å². The first-order valence-corrected chi connectivity index (χ1v) is 9.53. The molecule has 0 aliphatic heterocycles. The van der Waals surface area contributed by atoms with Crippen LogP contribution >= 0.6 is 0 Å². The molecule has 1 heterocycles. The quantitative estimate of drug-likeness (QED) is 0.619. The van der Waals surface area contributed by atoms with Crippen LogP contribution < -0.4 is 9.47 Å². The van der Waals surface area contributed by atoms with Crippen LogP contribution in [0.25, 0.3) is 11.1 Å². The van der Waals surface area contributed by atoms with Crippen LogP contribution in [0.4, 0.5) is 0 Å². The average Bonchev–Trinajstić information content (AvgIpc) is 2.78. The Morgan fingerprint density at radius 2 is 1.93 bits per heavy atom. The highest BCUT2D eigenvalue weighted by Gasteiger charge is 2.16. The van der Waals surface area contributed by atoms with Crippen molar-refractivity contribution in [2.45, 2.75) is 32.0 Å². The summed E-state index contributed by atoms with van der Waals surface area (Å²) in [6, 6.07) is 18.9. The van der Waals surface area contributed by atoms with E-state index in [4.69, 9.17) is 14.7 Å². The topological polar surface area (TPSA) is 75.4 Å². The molecule has 0 aliphatic rings. The molecule has 0 saturated carbocycles. The van der Waals surface area contributed by atoms with E-state index < -0.39 is 6.10 Å². The molecule has 148 valence electrons. The van der Waals surface area contributed by atoms with Gasteiger partial charge in [0.2, 0.25) is 0 Å². The van der Waals surface area contributed by atoms with Gasteiger partial charge in [0, 0.05) is 18.0 Å². The maximum atomic E-state index is 10.4. The molecular weight excluding hydrogens is 364 g/mol. The van der Waals surface area contributed by atoms with E-state index in [1.807, 2.05) is 49.5 Å². The molecular formula is C24H24N2O3. The first-order chi connectivity index (χ1) is 14.1. The zero-order valence-corrected chi connectivity index (χ0v) is 16.6. The van der Waals surface area contributed by atoms with Crippen molar-refractivity contribution in [2.24, 2.45) is 0 Å². The largest absolute Gasteiger partial charge is 0.496 e. The first kappa shape index (κ1) is 20.4. The molecule has 0 bridgehead atoms. The van der Waals surface area contributed by atoms with Gasteiger partial charge in [-0.25, -0.2) is 0 Å². The third-order valence-corrected chi connectivity index (χ3v) is 4.81. The molecule has 0 fully saturated rings. The number of aliphatic hydroxyl groups excluding tert-OH is 1. The van der Waals surface area contributed by atoms with Crippen molar-refractivity contribution in [1.82, 2.24) is 4.98 Å². The van der Waals surface area contributed by atoms with E-state index in [9.17, 15) is 5.11 Å². The molecule has 0 saturated heterocycles. The summed E-state index contributed by atoms with van der Waals surface area (Å²) in [4.78, 5) is 4.09. The maximum absolute atomic E-state index is 10.4. The normalized spacial score (nSPS) is 12.6. The molecule has 1 unspecified atom stereocenters. The lowest BCUT2D eigenvalue weighted by atomic mass is 10.0. The van der Waals surface area contributed by atoms with E-state index >= 15 is 0 Å². The van der Waals surface area contributed by atoms with E-state index in [1.165, 1.54) is 0 Å². The van der Waals surface area contributed by atoms with Crippen molar-refractivity contribution in [3.05, 3.63) is 78.1 Å². The van der Waals surface area contributed by atoms with Gasteiger partial charge >= 0.3 is 0 Å². The Balaban J connectivity index is 1.64.